The van der Waals surface area contributed by atoms with E-state index in [2.05, 4.69) is 16.0 Å². The van der Waals surface area contributed by atoms with Crippen LogP contribution in [-0.4, -0.2) is 23.1 Å². The maximum atomic E-state index is 8.51. The lowest BCUT2D eigenvalue weighted by Gasteiger charge is -2.20. The van der Waals surface area contributed by atoms with Crippen molar-refractivity contribution in [3.05, 3.63) is 11.2 Å². The van der Waals surface area contributed by atoms with E-state index >= 15 is 0 Å². The molecule has 5 nitrogen and oxygen atoms in total. The Morgan fingerprint density at radius 2 is 2.33 bits per heavy atom. The summed E-state index contributed by atoms with van der Waals surface area (Å²) in [4.78, 5) is 9.75. The molecule has 6 heteroatoms. The van der Waals surface area contributed by atoms with Gasteiger partial charge in [0.1, 0.15) is 11.0 Å². The van der Waals surface area contributed by atoms with Crippen molar-refractivity contribution >= 4 is 23.4 Å². The summed E-state index contributed by atoms with van der Waals surface area (Å²) in [5.41, 5.74) is 5.48. The minimum Gasteiger partial charge on any atom is -0.368 e. The molecule has 0 saturated carbocycles. The van der Waals surface area contributed by atoms with Crippen LogP contribution in [0.1, 0.15) is 13.3 Å². The van der Waals surface area contributed by atoms with Crippen LogP contribution >= 0.6 is 11.6 Å². The molecule has 0 aromatic carbocycles. The molecule has 0 fully saturated rings. The van der Waals surface area contributed by atoms with Crippen molar-refractivity contribution in [3.8, 4) is 6.07 Å². The van der Waals surface area contributed by atoms with Gasteiger partial charge in [-0.25, -0.2) is 4.98 Å². The molecule has 0 amide bonds. The van der Waals surface area contributed by atoms with Crippen molar-refractivity contribution in [1.29, 1.82) is 5.26 Å². The molecule has 0 spiro atoms. The maximum Gasteiger partial charge on any atom is 0.223 e. The Morgan fingerprint density at radius 3 is 2.87 bits per heavy atom. The molecule has 0 radical (unpaired) electrons. The highest BCUT2D eigenvalue weighted by Gasteiger charge is 2.07. The predicted molar refractivity (Wildman–Crippen MR) is 59.6 cm³/mol. The first-order valence-corrected chi connectivity index (χ1v) is 4.97. The van der Waals surface area contributed by atoms with E-state index in [4.69, 9.17) is 22.6 Å². The van der Waals surface area contributed by atoms with Crippen LogP contribution < -0.4 is 10.6 Å². The van der Waals surface area contributed by atoms with Crippen LogP contribution in [0.25, 0.3) is 0 Å². The van der Waals surface area contributed by atoms with Crippen LogP contribution in [0.2, 0.25) is 5.15 Å². The number of nitrogens with two attached hydrogens (primary N) is 1. The molecule has 1 aromatic rings. The van der Waals surface area contributed by atoms with E-state index in [9.17, 15) is 0 Å². The fourth-order valence-electron chi connectivity index (χ4n) is 1.20. The van der Waals surface area contributed by atoms with Gasteiger partial charge in [0.05, 0.1) is 12.5 Å². The van der Waals surface area contributed by atoms with Gasteiger partial charge in [-0.3, -0.25) is 0 Å². The van der Waals surface area contributed by atoms with Crippen molar-refractivity contribution in [2.75, 3.05) is 23.7 Å². The minimum absolute atomic E-state index is 0.146. The molecule has 0 aliphatic carbocycles. The number of rotatable bonds is 4. The van der Waals surface area contributed by atoms with E-state index in [0.29, 0.717) is 23.9 Å². The van der Waals surface area contributed by atoms with E-state index in [1.165, 1.54) is 0 Å². The molecule has 1 rings (SSSR count). The second-order valence-electron chi connectivity index (χ2n) is 2.89. The molecule has 0 unspecified atom stereocenters. The van der Waals surface area contributed by atoms with Gasteiger partial charge in [-0.2, -0.15) is 10.2 Å². The Bertz CT molecular complexity index is 353. The van der Waals surface area contributed by atoms with Crippen molar-refractivity contribution in [2.24, 2.45) is 0 Å². The highest BCUT2D eigenvalue weighted by atomic mass is 35.5. The van der Waals surface area contributed by atoms with Crippen LogP contribution in [0.15, 0.2) is 6.07 Å². The molecule has 0 saturated heterocycles. The lowest BCUT2D eigenvalue weighted by molar-refractivity contribution is 0.809. The summed E-state index contributed by atoms with van der Waals surface area (Å²) < 4.78 is 0. The number of halogens is 1. The molecule has 2 N–H and O–H groups in total. The Morgan fingerprint density at radius 1 is 1.60 bits per heavy atom. The molecule has 80 valence electrons. The van der Waals surface area contributed by atoms with Gasteiger partial charge in [0.15, 0.2) is 0 Å². The summed E-state index contributed by atoms with van der Waals surface area (Å²) in [7, 11) is 0. The van der Waals surface area contributed by atoms with Crippen LogP contribution in [0.4, 0.5) is 11.8 Å². The Balaban J connectivity index is 2.87. The number of hydrogen-bond acceptors (Lipinski definition) is 5. The molecular formula is C9H12ClN5. The largest absolute Gasteiger partial charge is 0.368 e. The molecule has 0 bridgehead atoms. The first-order valence-electron chi connectivity index (χ1n) is 4.59. The highest BCUT2D eigenvalue weighted by molar-refractivity contribution is 6.29. The Hall–Kier alpha value is -1.54. The van der Waals surface area contributed by atoms with Gasteiger partial charge in [0.25, 0.3) is 0 Å². The quantitative estimate of drug-likeness (QED) is 0.785. The standard InChI is InChI=1S/C9H12ClN5/c1-2-15(5-3-4-11)8-6-7(10)13-9(12)14-8/h6H,2-3,5H2,1H3,(H2,12,13,14). The van der Waals surface area contributed by atoms with E-state index in [-0.39, 0.29) is 5.95 Å². The zero-order chi connectivity index (χ0) is 11.3. The Labute approximate surface area is 93.5 Å². The van der Waals surface area contributed by atoms with Gasteiger partial charge in [-0.15, -0.1) is 0 Å². The third-order valence-electron chi connectivity index (χ3n) is 1.90. The van der Waals surface area contributed by atoms with Gasteiger partial charge in [0, 0.05) is 19.2 Å². The van der Waals surface area contributed by atoms with Gasteiger partial charge >= 0.3 is 0 Å². The average molecular weight is 226 g/mol. The highest BCUT2D eigenvalue weighted by Crippen LogP contribution is 2.16. The lowest BCUT2D eigenvalue weighted by atomic mass is 10.4. The number of aromatic nitrogens is 2. The fraction of sp³-hybridized carbons (Fsp3) is 0.444. The van der Waals surface area contributed by atoms with Gasteiger partial charge in [-0.1, -0.05) is 11.6 Å². The number of nitrogens with zero attached hydrogens (tertiary/aromatic N) is 4. The monoisotopic (exact) mass is 225 g/mol. The second kappa shape index (κ2) is 5.37. The van der Waals surface area contributed by atoms with Gasteiger partial charge < -0.3 is 10.6 Å². The zero-order valence-electron chi connectivity index (χ0n) is 8.44. The van der Waals surface area contributed by atoms with E-state index in [1.807, 2.05) is 11.8 Å². The van der Waals surface area contributed by atoms with E-state index in [1.54, 1.807) is 6.07 Å². The molecule has 15 heavy (non-hydrogen) atoms. The van der Waals surface area contributed by atoms with Crippen LogP contribution in [0.5, 0.6) is 0 Å². The summed E-state index contributed by atoms with van der Waals surface area (Å²) in [6.07, 6.45) is 0.440. The first-order chi connectivity index (χ1) is 7.17. The van der Waals surface area contributed by atoms with E-state index < -0.39 is 0 Å². The van der Waals surface area contributed by atoms with E-state index in [0.717, 1.165) is 6.54 Å². The number of hydrogen-bond donors (Lipinski definition) is 1. The lowest BCUT2D eigenvalue weighted by Crippen LogP contribution is -2.25. The summed E-state index contributed by atoms with van der Waals surface area (Å²) in [6, 6.07) is 3.72. The van der Waals surface area contributed by atoms with Crippen LogP contribution in [-0.2, 0) is 0 Å². The van der Waals surface area contributed by atoms with Gasteiger partial charge in [-0.05, 0) is 6.92 Å². The zero-order valence-corrected chi connectivity index (χ0v) is 9.20. The third-order valence-corrected chi connectivity index (χ3v) is 2.09. The van der Waals surface area contributed by atoms with Crippen molar-refractivity contribution < 1.29 is 0 Å². The van der Waals surface area contributed by atoms with Crippen LogP contribution in [0.3, 0.4) is 0 Å². The average Bonchev–Trinajstić information content (AvgIpc) is 2.17. The predicted octanol–water partition coefficient (Wildman–Crippen LogP) is 1.45. The molecule has 0 atom stereocenters. The topological polar surface area (TPSA) is 78.8 Å². The van der Waals surface area contributed by atoms with Crippen LogP contribution in [0, 0.1) is 11.3 Å². The fourth-order valence-corrected chi connectivity index (χ4v) is 1.39. The number of nitrogen functional groups attached to an aromatic ring is 1. The summed E-state index contributed by atoms with van der Waals surface area (Å²) in [5.74, 6) is 0.804. The first kappa shape index (κ1) is 11.5. The smallest absolute Gasteiger partial charge is 0.223 e. The normalized spacial score (nSPS) is 9.67. The molecule has 0 aliphatic heterocycles. The summed E-state index contributed by atoms with van der Waals surface area (Å²) in [5, 5.41) is 8.82. The number of nitriles is 1. The molecule has 1 aromatic heterocycles. The summed E-state index contributed by atoms with van der Waals surface area (Å²) in [6.45, 7) is 3.33. The summed E-state index contributed by atoms with van der Waals surface area (Å²) >= 11 is 5.76. The number of anilines is 2. The Kier molecular flexibility index (Phi) is 4.13. The SMILES string of the molecule is CCN(CCC#N)c1cc(Cl)nc(N)n1. The van der Waals surface area contributed by atoms with Crippen molar-refractivity contribution in [3.63, 3.8) is 0 Å². The maximum absolute atomic E-state index is 8.51. The minimum atomic E-state index is 0.146. The third kappa shape index (κ3) is 3.26. The van der Waals surface area contributed by atoms with Gasteiger partial charge in [0.2, 0.25) is 5.95 Å². The molecule has 0 aliphatic rings. The molecule has 1 heterocycles. The van der Waals surface area contributed by atoms with Crippen molar-refractivity contribution in [1.82, 2.24) is 9.97 Å². The second-order valence-corrected chi connectivity index (χ2v) is 3.28. The molecular weight excluding hydrogens is 214 g/mol. The van der Waals surface area contributed by atoms with Crippen molar-refractivity contribution in [2.45, 2.75) is 13.3 Å².